The van der Waals surface area contributed by atoms with E-state index in [0.717, 1.165) is 25.7 Å². The van der Waals surface area contributed by atoms with Gasteiger partial charge in [-0.25, -0.2) is 5.06 Å². The summed E-state index contributed by atoms with van der Waals surface area (Å²) in [4.78, 5) is 10.7. The van der Waals surface area contributed by atoms with Crippen LogP contribution < -0.4 is 5.32 Å². The molecule has 1 atom stereocenters. The Morgan fingerprint density at radius 1 is 1.28 bits per heavy atom. The van der Waals surface area contributed by atoms with E-state index in [1.165, 1.54) is 0 Å². The molecule has 0 saturated carbocycles. The van der Waals surface area contributed by atoms with Gasteiger partial charge in [-0.15, -0.1) is 5.10 Å². The van der Waals surface area contributed by atoms with Crippen molar-refractivity contribution in [3.8, 4) is 0 Å². The Morgan fingerprint density at radius 3 is 2.64 bits per heavy atom. The van der Waals surface area contributed by atoms with E-state index < -0.39 is 0 Å². The molecule has 1 unspecified atom stereocenters. The molecule has 0 spiro atoms. The van der Waals surface area contributed by atoms with Gasteiger partial charge >= 0.3 is 6.01 Å². The minimum absolute atomic E-state index is 0.0951. The van der Waals surface area contributed by atoms with Crippen LogP contribution in [-0.2, 0) is 4.79 Å². The first kappa shape index (κ1) is 19.5. The SMILES string of the molecule is CCCCCC(CN(O)C=O)c1nnc(Nc2cc(Cl)cc(Cl)c2)o1. The summed E-state index contributed by atoms with van der Waals surface area (Å²) in [6, 6.07) is 5.16. The van der Waals surface area contributed by atoms with E-state index in [2.05, 4.69) is 22.4 Å². The van der Waals surface area contributed by atoms with Crippen molar-refractivity contribution in [2.24, 2.45) is 0 Å². The number of carbonyl (C=O) groups excluding carboxylic acids is 1. The molecular weight excluding hydrogens is 367 g/mol. The van der Waals surface area contributed by atoms with Crippen molar-refractivity contribution in [1.29, 1.82) is 0 Å². The molecule has 0 fully saturated rings. The summed E-state index contributed by atoms with van der Waals surface area (Å²) in [5.41, 5.74) is 0.618. The number of nitrogens with zero attached hydrogens (tertiary/aromatic N) is 3. The quantitative estimate of drug-likeness (QED) is 0.267. The van der Waals surface area contributed by atoms with Crippen molar-refractivity contribution in [1.82, 2.24) is 15.3 Å². The van der Waals surface area contributed by atoms with Gasteiger partial charge in [0.25, 0.3) is 0 Å². The summed E-state index contributed by atoms with van der Waals surface area (Å²) in [5.74, 6) is 0.111. The lowest BCUT2D eigenvalue weighted by Gasteiger charge is -2.16. The zero-order valence-corrected chi connectivity index (χ0v) is 15.3. The number of benzene rings is 1. The second-order valence-corrected chi connectivity index (χ2v) is 6.52. The van der Waals surface area contributed by atoms with Crippen LogP contribution in [0, 0.1) is 0 Å². The highest BCUT2D eigenvalue weighted by atomic mass is 35.5. The van der Waals surface area contributed by atoms with Gasteiger partial charge in [0.15, 0.2) is 0 Å². The predicted molar refractivity (Wildman–Crippen MR) is 95.5 cm³/mol. The number of hydroxylamine groups is 2. The zero-order chi connectivity index (χ0) is 18.2. The Bertz CT molecular complexity index is 676. The van der Waals surface area contributed by atoms with Crippen molar-refractivity contribution in [2.75, 3.05) is 11.9 Å². The number of hydrogen-bond acceptors (Lipinski definition) is 6. The van der Waals surface area contributed by atoms with Crippen LogP contribution in [0.5, 0.6) is 0 Å². The molecule has 0 bridgehead atoms. The summed E-state index contributed by atoms with van der Waals surface area (Å²) < 4.78 is 5.63. The summed E-state index contributed by atoms with van der Waals surface area (Å²) in [5, 5.41) is 21.9. The molecule has 0 radical (unpaired) electrons. The lowest BCUT2D eigenvalue weighted by molar-refractivity contribution is -0.151. The van der Waals surface area contributed by atoms with Crippen LogP contribution in [0.1, 0.15) is 44.4 Å². The number of anilines is 2. The number of rotatable bonds is 10. The van der Waals surface area contributed by atoms with Gasteiger partial charge < -0.3 is 9.73 Å². The fraction of sp³-hybridized carbons (Fsp3) is 0.438. The molecule has 136 valence electrons. The lowest BCUT2D eigenvalue weighted by Crippen LogP contribution is -2.24. The number of hydrogen-bond donors (Lipinski definition) is 2. The molecule has 1 aromatic carbocycles. The maximum atomic E-state index is 10.7. The van der Waals surface area contributed by atoms with Crippen LogP contribution in [-0.4, -0.2) is 33.4 Å². The van der Waals surface area contributed by atoms with Gasteiger partial charge in [0.1, 0.15) is 0 Å². The third-order valence-electron chi connectivity index (χ3n) is 3.59. The average molecular weight is 387 g/mol. The van der Waals surface area contributed by atoms with Gasteiger partial charge in [0.2, 0.25) is 12.3 Å². The van der Waals surface area contributed by atoms with Crippen LogP contribution in [0.2, 0.25) is 10.0 Å². The van der Waals surface area contributed by atoms with Crippen molar-refractivity contribution in [2.45, 2.75) is 38.5 Å². The highest BCUT2D eigenvalue weighted by Crippen LogP contribution is 2.27. The maximum absolute atomic E-state index is 10.7. The highest BCUT2D eigenvalue weighted by molar-refractivity contribution is 6.35. The monoisotopic (exact) mass is 386 g/mol. The number of aromatic nitrogens is 2. The van der Waals surface area contributed by atoms with Gasteiger partial charge in [-0.05, 0) is 24.6 Å². The molecule has 2 rings (SSSR count). The molecule has 2 N–H and O–H groups in total. The average Bonchev–Trinajstić information content (AvgIpc) is 3.01. The summed E-state index contributed by atoms with van der Waals surface area (Å²) in [6.07, 6.45) is 4.13. The van der Waals surface area contributed by atoms with Crippen molar-refractivity contribution in [3.05, 3.63) is 34.1 Å². The predicted octanol–water partition coefficient (Wildman–Crippen LogP) is 4.63. The van der Waals surface area contributed by atoms with E-state index in [1.807, 2.05) is 0 Å². The van der Waals surface area contributed by atoms with Crippen LogP contribution in [0.25, 0.3) is 0 Å². The fourth-order valence-corrected chi connectivity index (χ4v) is 2.93. The molecule has 0 aliphatic carbocycles. The molecule has 7 nitrogen and oxygen atoms in total. The number of carbonyl (C=O) groups is 1. The third kappa shape index (κ3) is 6.19. The van der Waals surface area contributed by atoms with Crippen LogP contribution in [0.15, 0.2) is 22.6 Å². The number of halogens is 2. The van der Waals surface area contributed by atoms with Gasteiger partial charge in [-0.2, -0.15) is 0 Å². The van der Waals surface area contributed by atoms with Crippen LogP contribution in [0.4, 0.5) is 11.7 Å². The second-order valence-electron chi connectivity index (χ2n) is 5.65. The topological polar surface area (TPSA) is 91.5 Å². The van der Waals surface area contributed by atoms with Crippen molar-refractivity contribution >= 4 is 41.3 Å². The molecule has 0 aliphatic heterocycles. The Kier molecular flexibility index (Phi) is 7.49. The number of unbranched alkanes of at least 4 members (excludes halogenated alkanes) is 2. The van der Waals surface area contributed by atoms with E-state index in [4.69, 9.17) is 27.6 Å². The fourth-order valence-electron chi connectivity index (χ4n) is 2.40. The third-order valence-corrected chi connectivity index (χ3v) is 4.03. The van der Waals surface area contributed by atoms with E-state index in [-0.39, 0.29) is 18.5 Å². The van der Waals surface area contributed by atoms with E-state index in [1.54, 1.807) is 18.2 Å². The largest absolute Gasteiger partial charge is 0.408 e. The van der Waals surface area contributed by atoms with Gasteiger partial charge in [0, 0.05) is 15.7 Å². The first-order valence-corrected chi connectivity index (χ1v) is 8.74. The molecule has 1 amide bonds. The van der Waals surface area contributed by atoms with Crippen molar-refractivity contribution in [3.63, 3.8) is 0 Å². The van der Waals surface area contributed by atoms with Crippen LogP contribution >= 0.6 is 23.2 Å². The Labute approximate surface area is 155 Å². The first-order valence-electron chi connectivity index (χ1n) is 7.99. The van der Waals surface area contributed by atoms with Gasteiger partial charge in [0.05, 0.1) is 12.5 Å². The summed E-state index contributed by atoms with van der Waals surface area (Å²) >= 11 is 11.9. The van der Waals surface area contributed by atoms with Crippen LogP contribution in [0.3, 0.4) is 0 Å². The molecule has 9 heteroatoms. The molecule has 1 aromatic heterocycles. The lowest BCUT2D eigenvalue weighted by atomic mass is 10.0. The van der Waals surface area contributed by atoms with Crippen molar-refractivity contribution < 1.29 is 14.4 Å². The minimum Gasteiger partial charge on any atom is -0.408 e. The molecule has 2 aromatic rings. The van der Waals surface area contributed by atoms with E-state index >= 15 is 0 Å². The zero-order valence-electron chi connectivity index (χ0n) is 13.8. The first-order chi connectivity index (χ1) is 12.0. The Hall–Kier alpha value is -1.83. The maximum Gasteiger partial charge on any atom is 0.320 e. The smallest absolute Gasteiger partial charge is 0.320 e. The minimum atomic E-state index is -0.243. The Morgan fingerprint density at radius 2 is 2.00 bits per heavy atom. The van der Waals surface area contributed by atoms with E-state index in [0.29, 0.717) is 33.1 Å². The van der Waals surface area contributed by atoms with Gasteiger partial charge in [-0.3, -0.25) is 10.0 Å². The molecule has 0 aliphatic rings. The second kappa shape index (κ2) is 9.60. The standard InChI is InChI=1S/C16H20Cl2N4O3/c1-2-3-4-5-11(9-22(24)10-23)15-20-21-16(25-15)19-14-7-12(17)6-13(18)8-14/h6-8,10-11,24H,2-5,9H2,1H3,(H,19,21). The number of nitrogens with one attached hydrogen (secondary N) is 1. The number of amides is 1. The normalized spacial score (nSPS) is 12.0. The molecule has 0 saturated heterocycles. The summed E-state index contributed by atoms with van der Waals surface area (Å²) in [7, 11) is 0. The Balaban J connectivity index is 2.10. The molecule has 25 heavy (non-hydrogen) atoms. The van der Waals surface area contributed by atoms with E-state index in [9.17, 15) is 10.0 Å². The molecule has 1 heterocycles. The molecular formula is C16H20Cl2N4O3. The highest BCUT2D eigenvalue weighted by Gasteiger charge is 2.21. The van der Waals surface area contributed by atoms with Gasteiger partial charge in [-0.1, -0.05) is 54.5 Å². The summed E-state index contributed by atoms with van der Waals surface area (Å²) in [6.45, 7) is 2.20.